The molecule has 2 unspecified atom stereocenters. The lowest BCUT2D eigenvalue weighted by atomic mass is 9.86. The molecule has 6 heteroatoms. The second-order valence-corrected chi connectivity index (χ2v) is 8.43. The van der Waals surface area contributed by atoms with Crippen molar-refractivity contribution >= 4 is 39.1 Å². The third kappa shape index (κ3) is 3.66. The zero-order chi connectivity index (χ0) is 15.8. The van der Waals surface area contributed by atoms with E-state index in [1.54, 1.807) is 11.3 Å². The maximum absolute atomic E-state index is 12.9. The van der Waals surface area contributed by atoms with Crippen LogP contribution in [0.25, 0.3) is 0 Å². The summed E-state index contributed by atoms with van der Waals surface area (Å²) in [6.45, 7) is 8.41. The quantitative estimate of drug-likeness (QED) is 0.866. The van der Waals surface area contributed by atoms with E-state index in [1.165, 1.54) is 0 Å². The predicted octanol–water partition coefficient (Wildman–Crippen LogP) is 3.16. The number of thiophene rings is 1. The van der Waals surface area contributed by atoms with E-state index in [0.29, 0.717) is 13.0 Å². The monoisotopic (exact) mass is 372 g/mol. The molecule has 2 rings (SSSR count). The molecule has 1 aliphatic rings. The summed E-state index contributed by atoms with van der Waals surface area (Å²) in [5, 5.41) is 4.88. The van der Waals surface area contributed by atoms with Crippen LogP contribution in [-0.2, 0) is 16.1 Å². The highest BCUT2D eigenvalue weighted by molar-refractivity contribution is 9.10. The van der Waals surface area contributed by atoms with Gasteiger partial charge in [-0.25, -0.2) is 0 Å². The second-order valence-electron chi connectivity index (χ2n) is 6.58. The molecular weight excluding hydrogens is 352 g/mol. The zero-order valence-corrected chi connectivity index (χ0v) is 15.2. The van der Waals surface area contributed by atoms with E-state index in [4.69, 9.17) is 0 Å². The van der Waals surface area contributed by atoms with Gasteiger partial charge in [0.05, 0.1) is 6.54 Å². The van der Waals surface area contributed by atoms with Crippen molar-refractivity contribution in [2.75, 3.05) is 0 Å². The number of hydrogen-bond donors (Lipinski definition) is 1. The Labute approximate surface area is 138 Å². The van der Waals surface area contributed by atoms with E-state index in [9.17, 15) is 9.59 Å². The molecule has 1 aromatic rings. The summed E-state index contributed by atoms with van der Waals surface area (Å²) in [5.74, 6) is -0.0512. The molecule has 0 spiro atoms. The Bertz CT molecular complexity index is 550. The molecule has 1 saturated heterocycles. The highest BCUT2D eigenvalue weighted by Gasteiger charge is 2.40. The Kier molecular flexibility index (Phi) is 4.78. The van der Waals surface area contributed by atoms with Gasteiger partial charge in [-0.3, -0.25) is 9.59 Å². The van der Waals surface area contributed by atoms with E-state index < -0.39 is 6.04 Å². The zero-order valence-electron chi connectivity index (χ0n) is 12.8. The fourth-order valence-corrected chi connectivity index (χ4v) is 3.93. The van der Waals surface area contributed by atoms with Crippen LogP contribution < -0.4 is 5.32 Å². The Balaban J connectivity index is 2.30. The summed E-state index contributed by atoms with van der Waals surface area (Å²) in [7, 11) is 0. The first-order valence-corrected chi connectivity index (χ1v) is 8.69. The maximum Gasteiger partial charge on any atom is 0.246 e. The van der Waals surface area contributed by atoms with Crippen LogP contribution in [0.2, 0.25) is 0 Å². The molecule has 1 N–H and O–H groups in total. The maximum atomic E-state index is 12.9. The van der Waals surface area contributed by atoms with Crippen LogP contribution in [0.4, 0.5) is 0 Å². The fraction of sp³-hybridized carbons (Fsp3) is 0.600. The minimum absolute atomic E-state index is 0.00106. The van der Waals surface area contributed by atoms with E-state index in [0.717, 1.165) is 9.35 Å². The van der Waals surface area contributed by atoms with Gasteiger partial charge >= 0.3 is 0 Å². The first-order valence-electron chi connectivity index (χ1n) is 7.02. The van der Waals surface area contributed by atoms with Crippen LogP contribution >= 0.6 is 27.3 Å². The molecule has 0 aliphatic carbocycles. The van der Waals surface area contributed by atoms with E-state index in [2.05, 4.69) is 21.2 Å². The van der Waals surface area contributed by atoms with E-state index in [-0.39, 0.29) is 23.3 Å². The number of amides is 2. The molecule has 1 fully saturated rings. The largest absolute Gasteiger partial charge is 0.344 e. The van der Waals surface area contributed by atoms with Gasteiger partial charge < -0.3 is 10.2 Å². The van der Waals surface area contributed by atoms with Gasteiger partial charge in [-0.05, 0) is 39.7 Å². The molecule has 4 nitrogen and oxygen atoms in total. The minimum Gasteiger partial charge on any atom is -0.344 e. The van der Waals surface area contributed by atoms with Crippen molar-refractivity contribution < 1.29 is 9.59 Å². The van der Waals surface area contributed by atoms with Crippen LogP contribution in [-0.4, -0.2) is 28.8 Å². The van der Waals surface area contributed by atoms with Crippen molar-refractivity contribution in [1.29, 1.82) is 0 Å². The van der Waals surface area contributed by atoms with Gasteiger partial charge in [-0.1, -0.05) is 20.8 Å². The van der Waals surface area contributed by atoms with Crippen LogP contribution in [0.5, 0.6) is 0 Å². The van der Waals surface area contributed by atoms with Crippen LogP contribution in [0.15, 0.2) is 15.9 Å². The normalized spacial score (nSPS) is 24.0. The molecule has 0 radical (unpaired) electrons. The number of halogens is 1. The first kappa shape index (κ1) is 16.5. The number of hydrogen-bond acceptors (Lipinski definition) is 3. The van der Waals surface area contributed by atoms with Gasteiger partial charge in [-0.15, -0.1) is 11.3 Å². The van der Waals surface area contributed by atoms with Crippen LogP contribution in [0, 0.1) is 5.41 Å². The summed E-state index contributed by atoms with van der Waals surface area (Å²) in [6, 6.07) is 1.41. The van der Waals surface area contributed by atoms with Crippen molar-refractivity contribution in [3.8, 4) is 0 Å². The molecule has 21 heavy (non-hydrogen) atoms. The highest BCUT2D eigenvalue weighted by atomic mass is 79.9. The number of nitrogens with one attached hydrogen (secondary N) is 1. The van der Waals surface area contributed by atoms with Crippen LogP contribution in [0.3, 0.4) is 0 Å². The van der Waals surface area contributed by atoms with Gasteiger partial charge in [0.2, 0.25) is 11.8 Å². The van der Waals surface area contributed by atoms with Crippen molar-refractivity contribution in [1.82, 2.24) is 10.2 Å². The molecule has 2 atom stereocenters. The summed E-state index contributed by atoms with van der Waals surface area (Å²) < 4.78 is 1.02. The summed E-state index contributed by atoms with van der Waals surface area (Å²) in [6.07, 6.45) is 0.349. The number of nitrogens with zero attached hydrogens (tertiary/aromatic N) is 1. The van der Waals surface area contributed by atoms with Gasteiger partial charge in [0.25, 0.3) is 0 Å². The number of carbonyl (C=O) groups is 2. The SMILES string of the molecule is CC1CC(=O)NC(C(C)(C)C)C(=O)N1Cc1sccc1Br. The average Bonchev–Trinajstić information content (AvgIpc) is 2.71. The second kappa shape index (κ2) is 6.08. The standard InChI is InChI=1S/C15H21BrN2O2S/c1-9-7-12(19)17-13(15(2,3)4)14(20)18(9)8-11-10(16)5-6-21-11/h5-6,9,13H,7-8H2,1-4H3,(H,17,19). The van der Waals surface area contributed by atoms with Gasteiger partial charge in [0.1, 0.15) is 6.04 Å². The van der Waals surface area contributed by atoms with Gasteiger partial charge in [0, 0.05) is 21.8 Å². The van der Waals surface area contributed by atoms with Crippen molar-refractivity contribution in [2.45, 2.75) is 52.7 Å². The molecule has 1 aliphatic heterocycles. The van der Waals surface area contributed by atoms with E-state index >= 15 is 0 Å². The van der Waals surface area contributed by atoms with Crippen molar-refractivity contribution in [3.63, 3.8) is 0 Å². The fourth-order valence-electron chi connectivity index (χ4n) is 2.46. The molecule has 2 amide bonds. The molecule has 0 bridgehead atoms. The highest BCUT2D eigenvalue weighted by Crippen LogP contribution is 2.29. The Hall–Kier alpha value is -0.880. The Morgan fingerprint density at radius 1 is 1.43 bits per heavy atom. The predicted molar refractivity (Wildman–Crippen MR) is 88.0 cm³/mol. The Morgan fingerprint density at radius 2 is 2.10 bits per heavy atom. The lowest BCUT2D eigenvalue weighted by Gasteiger charge is -2.34. The first-order chi connectivity index (χ1) is 9.70. The van der Waals surface area contributed by atoms with Gasteiger partial charge in [-0.2, -0.15) is 0 Å². The lowest BCUT2D eigenvalue weighted by molar-refractivity contribution is -0.138. The number of carbonyl (C=O) groups excluding carboxylic acids is 2. The third-order valence-electron chi connectivity index (χ3n) is 3.72. The summed E-state index contributed by atoms with van der Waals surface area (Å²) >= 11 is 5.13. The number of rotatable bonds is 2. The lowest BCUT2D eigenvalue weighted by Crippen LogP contribution is -2.52. The minimum atomic E-state index is -0.478. The van der Waals surface area contributed by atoms with Crippen LogP contribution in [0.1, 0.15) is 39.0 Å². The van der Waals surface area contributed by atoms with E-state index in [1.807, 2.05) is 44.0 Å². The molecule has 1 aromatic heterocycles. The van der Waals surface area contributed by atoms with Gasteiger partial charge in [0.15, 0.2) is 0 Å². The smallest absolute Gasteiger partial charge is 0.246 e. The Morgan fingerprint density at radius 3 is 2.62 bits per heavy atom. The summed E-state index contributed by atoms with van der Waals surface area (Å²) in [4.78, 5) is 27.8. The topological polar surface area (TPSA) is 49.4 Å². The molecular formula is C15H21BrN2O2S. The molecule has 116 valence electrons. The average molecular weight is 373 g/mol. The molecule has 2 heterocycles. The molecule has 0 aromatic carbocycles. The van der Waals surface area contributed by atoms with Crippen molar-refractivity contribution in [2.24, 2.45) is 5.41 Å². The van der Waals surface area contributed by atoms with Crippen molar-refractivity contribution in [3.05, 3.63) is 20.8 Å². The third-order valence-corrected chi connectivity index (χ3v) is 5.63. The summed E-state index contributed by atoms with van der Waals surface area (Å²) in [5.41, 5.74) is -0.304. The molecule has 0 saturated carbocycles.